The summed E-state index contributed by atoms with van der Waals surface area (Å²) in [6, 6.07) is -0.827. The SMILES string of the molecule is CCCCCCC/C=C\CCCCCCCC(=O)NC(COC1OC(CO)C(OC2OC(CO)C(O)C(O)C2O)C(O)C1O)C(O)CCCCCCCCCCCCCC. The highest BCUT2D eigenvalue weighted by molar-refractivity contribution is 5.76. The van der Waals surface area contributed by atoms with Crippen LogP contribution in [-0.2, 0) is 23.7 Å². The third-order valence-electron chi connectivity index (χ3n) is 12.0. The summed E-state index contributed by atoms with van der Waals surface area (Å²) < 4.78 is 22.7. The Labute approximate surface area is 361 Å². The van der Waals surface area contributed by atoms with Gasteiger partial charge in [-0.3, -0.25) is 4.79 Å². The molecule has 0 saturated carbocycles. The molecule has 0 spiro atoms. The van der Waals surface area contributed by atoms with Crippen molar-refractivity contribution in [3.8, 4) is 0 Å². The molecule has 14 nitrogen and oxygen atoms in total. The quantitative estimate of drug-likeness (QED) is 0.0292. The zero-order valence-corrected chi connectivity index (χ0v) is 37.2. The molecule has 2 fully saturated rings. The summed E-state index contributed by atoms with van der Waals surface area (Å²) >= 11 is 0. The molecule has 2 heterocycles. The molecule has 1 amide bonds. The minimum absolute atomic E-state index is 0.217. The Morgan fingerprint density at radius 3 is 1.58 bits per heavy atom. The number of nitrogens with one attached hydrogen (secondary N) is 1. The van der Waals surface area contributed by atoms with E-state index in [9.17, 15) is 45.6 Å². The number of ether oxygens (including phenoxy) is 4. The number of rotatable bonds is 36. The molecule has 9 N–H and O–H groups in total. The van der Waals surface area contributed by atoms with Crippen molar-refractivity contribution in [2.24, 2.45) is 0 Å². The van der Waals surface area contributed by atoms with Crippen LogP contribution in [0.1, 0.15) is 181 Å². The monoisotopic (exact) mass is 862 g/mol. The number of amides is 1. The summed E-state index contributed by atoms with van der Waals surface area (Å²) in [7, 11) is 0. The van der Waals surface area contributed by atoms with Gasteiger partial charge in [0.15, 0.2) is 12.6 Å². The summed E-state index contributed by atoms with van der Waals surface area (Å²) in [4.78, 5) is 13.1. The number of unbranched alkanes of at least 4 members (excludes halogenated alkanes) is 21. The van der Waals surface area contributed by atoms with E-state index in [4.69, 9.17) is 18.9 Å². The molecule has 12 atom stereocenters. The largest absolute Gasteiger partial charge is 0.394 e. The lowest BCUT2D eigenvalue weighted by Crippen LogP contribution is -2.65. The number of carbonyl (C=O) groups excluding carboxylic acids is 1. The van der Waals surface area contributed by atoms with Gasteiger partial charge in [-0.25, -0.2) is 0 Å². The molecule has 2 aliphatic heterocycles. The van der Waals surface area contributed by atoms with Crippen molar-refractivity contribution in [1.29, 1.82) is 0 Å². The third-order valence-corrected chi connectivity index (χ3v) is 12.0. The van der Waals surface area contributed by atoms with Crippen molar-refractivity contribution in [3.63, 3.8) is 0 Å². The van der Waals surface area contributed by atoms with Crippen molar-refractivity contribution in [3.05, 3.63) is 12.2 Å². The maximum atomic E-state index is 13.1. The van der Waals surface area contributed by atoms with Crippen molar-refractivity contribution in [2.75, 3.05) is 19.8 Å². The molecule has 0 aromatic carbocycles. The number of allylic oxidation sites excluding steroid dienone is 2. The van der Waals surface area contributed by atoms with Crippen LogP contribution in [-0.4, -0.2) is 140 Å². The number of hydrogen-bond acceptors (Lipinski definition) is 13. The smallest absolute Gasteiger partial charge is 0.220 e. The van der Waals surface area contributed by atoms with Gasteiger partial charge in [-0.2, -0.15) is 0 Å². The van der Waals surface area contributed by atoms with Crippen LogP contribution in [0.4, 0.5) is 0 Å². The predicted molar refractivity (Wildman–Crippen MR) is 231 cm³/mol. The second-order valence-electron chi connectivity index (χ2n) is 17.2. The molecule has 2 saturated heterocycles. The minimum atomic E-state index is -1.78. The Balaban J connectivity index is 1.87. The van der Waals surface area contributed by atoms with Gasteiger partial charge in [0, 0.05) is 6.42 Å². The first-order valence-electron chi connectivity index (χ1n) is 23.9. The first kappa shape index (κ1) is 54.9. The highest BCUT2D eigenvalue weighted by Crippen LogP contribution is 2.30. The molecule has 0 radical (unpaired) electrons. The third kappa shape index (κ3) is 21.9. The zero-order chi connectivity index (χ0) is 44.0. The molecule has 0 aliphatic carbocycles. The van der Waals surface area contributed by atoms with Gasteiger partial charge < -0.3 is 65.1 Å². The lowest BCUT2D eigenvalue weighted by atomic mass is 9.97. The van der Waals surface area contributed by atoms with E-state index in [0.29, 0.717) is 19.3 Å². The number of hydrogen-bond donors (Lipinski definition) is 9. The lowest BCUT2D eigenvalue weighted by Gasteiger charge is -2.46. The molecule has 354 valence electrons. The van der Waals surface area contributed by atoms with Crippen molar-refractivity contribution in [2.45, 2.75) is 254 Å². The predicted octanol–water partition coefficient (Wildman–Crippen LogP) is 5.21. The minimum Gasteiger partial charge on any atom is -0.394 e. The Kier molecular flexibility index (Phi) is 31.3. The van der Waals surface area contributed by atoms with Gasteiger partial charge >= 0.3 is 0 Å². The van der Waals surface area contributed by atoms with E-state index < -0.39 is 86.8 Å². The van der Waals surface area contributed by atoms with Crippen LogP contribution < -0.4 is 5.32 Å². The van der Waals surface area contributed by atoms with Crippen LogP contribution in [0.5, 0.6) is 0 Å². The fraction of sp³-hybridized carbons (Fsp3) is 0.935. The molecule has 0 bridgehead atoms. The van der Waals surface area contributed by atoms with E-state index >= 15 is 0 Å². The van der Waals surface area contributed by atoms with Crippen LogP contribution in [0.3, 0.4) is 0 Å². The molecule has 60 heavy (non-hydrogen) atoms. The molecular weight excluding hydrogens is 774 g/mol. The molecule has 0 aromatic rings. The number of carbonyl (C=O) groups is 1. The standard InChI is InChI=1S/C46H87NO13/c1-3-5-7-9-11-13-15-17-18-20-22-24-26-28-30-38(51)47-34(35(50)29-27-25-23-21-19-16-14-12-10-8-6-4-2)33-57-45-43(56)41(54)44(37(32-49)59-45)60-46-42(55)40(53)39(52)36(31-48)58-46/h15,17,34-37,39-46,48-50,52-56H,3-14,16,18-33H2,1-2H3,(H,47,51)/b17-15-. The first-order valence-corrected chi connectivity index (χ1v) is 23.9. The molecule has 2 rings (SSSR count). The van der Waals surface area contributed by atoms with E-state index in [1.54, 1.807) is 0 Å². The van der Waals surface area contributed by atoms with E-state index in [1.807, 2.05) is 0 Å². The van der Waals surface area contributed by atoms with E-state index in [1.165, 1.54) is 83.5 Å². The van der Waals surface area contributed by atoms with Crippen LogP contribution in [0, 0.1) is 0 Å². The molecule has 12 unspecified atom stereocenters. The summed E-state index contributed by atoms with van der Waals surface area (Å²) in [6.45, 7) is 2.81. The first-order chi connectivity index (χ1) is 29.1. The van der Waals surface area contributed by atoms with Gasteiger partial charge in [-0.1, -0.05) is 148 Å². The summed E-state index contributed by atoms with van der Waals surface area (Å²) in [5.41, 5.74) is 0. The van der Waals surface area contributed by atoms with Gasteiger partial charge in [0.1, 0.15) is 48.8 Å². The maximum Gasteiger partial charge on any atom is 0.220 e. The van der Waals surface area contributed by atoms with Crippen molar-refractivity contribution in [1.82, 2.24) is 5.32 Å². The summed E-state index contributed by atoms with van der Waals surface area (Å²) in [6.07, 6.45) is 16.4. The maximum absolute atomic E-state index is 13.1. The Hall–Kier alpha value is -1.27. The number of aliphatic hydroxyl groups excluding tert-OH is 8. The molecule has 14 heteroatoms. The van der Waals surface area contributed by atoms with Gasteiger partial charge in [-0.05, 0) is 38.5 Å². The topological polar surface area (TPSA) is 228 Å². The van der Waals surface area contributed by atoms with Gasteiger partial charge in [-0.15, -0.1) is 0 Å². The second-order valence-corrected chi connectivity index (χ2v) is 17.2. The van der Waals surface area contributed by atoms with Crippen LogP contribution >= 0.6 is 0 Å². The van der Waals surface area contributed by atoms with Crippen LogP contribution in [0.15, 0.2) is 12.2 Å². The fourth-order valence-corrected chi connectivity index (χ4v) is 7.99. The van der Waals surface area contributed by atoms with Crippen LogP contribution in [0.25, 0.3) is 0 Å². The Bertz CT molecular complexity index is 1070. The van der Waals surface area contributed by atoms with Crippen molar-refractivity contribution >= 4 is 5.91 Å². The van der Waals surface area contributed by atoms with E-state index in [0.717, 1.165) is 64.2 Å². The Morgan fingerprint density at radius 1 is 0.583 bits per heavy atom. The van der Waals surface area contributed by atoms with E-state index in [-0.39, 0.29) is 12.5 Å². The Morgan fingerprint density at radius 2 is 1.05 bits per heavy atom. The van der Waals surface area contributed by atoms with E-state index in [2.05, 4.69) is 31.3 Å². The van der Waals surface area contributed by atoms with Gasteiger partial charge in [0.2, 0.25) is 5.91 Å². The van der Waals surface area contributed by atoms with Gasteiger partial charge in [0.25, 0.3) is 0 Å². The highest BCUT2D eigenvalue weighted by atomic mass is 16.7. The molecule has 2 aliphatic rings. The molecule has 0 aromatic heterocycles. The fourth-order valence-electron chi connectivity index (χ4n) is 7.99. The number of aliphatic hydroxyl groups is 8. The van der Waals surface area contributed by atoms with Crippen LogP contribution in [0.2, 0.25) is 0 Å². The summed E-state index contributed by atoms with van der Waals surface area (Å²) in [5.74, 6) is -0.217. The second kappa shape index (κ2) is 34.2. The lowest BCUT2D eigenvalue weighted by molar-refractivity contribution is -0.359. The average molecular weight is 862 g/mol. The molecular formula is C46H87NO13. The van der Waals surface area contributed by atoms with Gasteiger partial charge in [0.05, 0.1) is 32.0 Å². The average Bonchev–Trinajstić information content (AvgIpc) is 3.24. The summed E-state index contributed by atoms with van der Waals surface area (Å²) in [5, 5.41) is 86.7. The zero-order valence-electron chi connectivity index (χ0n) is 37.2. The highest BCUT2D eigenvalue weighted by Gasteiger charge is 2.51. The normalized spacial score (nSPS) is 28.3. The van der Waals surface area contributed by atoms with Crippen molar-refractivity contribution < 1.29 is 64.6 Å².